The Labute approximate surface area is 158 Å². The van der Waals surface area contributed by atoms with Gasteiger partial charge in [0, 0.05) is 36.6 Å². The summed E-state index contributed by atoms with van der Waals surface area (Å²) in [6.07, 6.45) is 4.79. The Hall–Kier alpha value is -2.22. The predicted octanol–water partition coefficient (Wildman–Crippen LogP) is 1.82. The zero-order valence-corrected chi connectivity index (χ0v) is 15.9. The van der Waals surface area contributed by atoms with Crippen molar-refractivity contribution in [3.63, 3.8) is 0 Å². The van der Waals surface area contributed by atoms with E-state index in [4.69, 9.17) is 0 Å². The Kier molecular flexibility index (Phi) is 3.86. The highest BCUT2D eigenvalue weighted by Crippen LogP contribution is 2.37. The van der Waals surface area contributed by atoms with E-state index in [-0.39, 0.29) is 29.4 Å². The zero-order chi connectivity index (χ0) is 18.6. The summed E-state index contributed by atoms with van der Waals surface area (Å²) in [5, 5.41) is 8.72. The van der Waals surface area contributed by atoms with Gasteiger partial charge in [0.05, 0.1) is 17.5 Å². The minimum Gasteiger partial charge on any atom is -0.311 e. The maximum absolute atomic E-state index is 12.4. The summed E-state index contributed by atoms with van der Waals surface area (Å²) < 4.78 is 26.1. The van der Waals surface area contributed by atoms with Crippen molar-refractivity contribution in [3.05, 3.63) is 30.1 Å². The number of carbonyl (C=O) groups excluding carboxylic acids is 1. The second kappa shape index (κ2) is 6.15. The van der Waals surface area contributed by atoms with Gasteiger partial charge in [-0.25, -0.2) is 8.42 Å². The van der Waals surface area contributed by atoms with Gasteiger partial charge in [0.1, 0.15) is 5.82 Å². The number of anilines is 1. The average Bonchev–Trinajstić information content (AvgIpc) is 3.17. The first kappa shape index (κ1) is 16.9. The highest BCUT2D eigenvalue weighted by Gasteiger charge is 2.49. The summed E-state index contributed by atoms with van der Waals surface area (Å²) >= 11 is 0. The molecule has 2 aromatic rings. The number of sulfone groups is 1. The van der Waals surface area contributed by atoms with E-state index >= 15 is 0 Å². The lowest BCUT2D eigenvalue weighted by atomic mass is 10.0. The Bertz CT molecular complexity index is 996. The summed E-state index contributed by atoms with van der Waals surface area (Å²) in [6.45, 7) is 0.936. The standard InChI is InChI=1S/C19H22N4O3S/c24-18-10-14-11-27(25,26)12-16(14)23(18)15-7-5-13(6-8-15)19-21-20-17-4-2-1-3-9-22(17)19/h5-8,14,16H,1-4,9-12H2. The Balaban J connectivity index is 1.44. The molecule has 2 saturated heterocycles. The van der Waals surface area contributed by atoms with Crippen molar-refractivity contribution in [1.82, 2.24) is 14.8 Å². The fraction of sp³-hybridized carbons (Fsp3) is 0.526. The van der Waals surface area contributed by atoms with Gasteiger partial charge in [0.25, 0.3) is 0 Å². The van der Waals surface area contributed by atoms with Crippen LogP contribution in [0.4, 0.5) is 5.69 Å². The van der Waals surface area contributed by atoms with Crippen LogP contribution < -0.4 is 4.90 Å². The molecule has 2 fully saturated rings. The van der Waals surface area contributed by atoms with Crippen LogP contribution in [-0.4, -0.2) is 46.6 Å². The minimum absolute atomic E-state index is 0.0176. The number of fused-ring (bicyclic) bond motifs is 2. The van der Waals surface area contributed by atoms with Crippen LogP contribution in [0.5, 0.6) is 0 Å². The van der Waals surface area contributed by atoms with Gasteiger partial charge in [0.2, 0.25) is 5.91 Å². The van der Waals surface area contributed by atoms with Crippen LogP contribution in [-0.2, 0) is 27.6 Å². The van der Waals surface area contributed by atoms with E-state index in [1.165, 1.54) is 6.42 Å². The summed E-state index contributed by atoms with van der Waals surface area (Å²) in [7, 11) is -3.04. The fourth-order valence-corrected chi connectivity index (χ4v) is 6.76. The molecule has 0 saturated carbocycles. The molecule has 27 heavy (non-hydrogen) atoms. The molecule has 142 valence electrons. The van der Waals surface area contributed by atoms with Crippen LogP contribution in [0, 0.1) is 5.92 Å². The number of rotatable bonds is 2. The number of aryl methyl sites for hydroxylation is 1. The minimum atomic E-state index is -3.04. The zero-order valence-electron chi connectivity index (χ0n) is 15.0. The van der Waals surface area contributed by atoms with Crippen molar-refractivity contribution >= 4 is 21.4 Å². The van der Waals surface area contributed by atoms with Crippen LogP contribution in [0.2, 0.25) is 0 Å². The molecular formula is C19H22N4O3S. The smallest absolute Gasteiger partial charge is 0.227 e. The van der Waals surface area contributed by atoms with Crippen LogP contribution in [0.15, 0.2) is 24.3 Å². The summed E-state index contributed by atoms with van der Waals surface area (Å²) in [4.78, 5) is 14.1. The molecule has 2 atom stereocenters. The van der Waals surface area contributed by atoms with Crippen molar-refractivity contribution in [3.8, 4) is 11.4 Å². The van der Waals surface area contributed by atoms with E-state index in [1.54, 1.807) is 4.90 Å². The summed E-state index contributed by atoms with van der Waals surface area (Å²) in [5.41, 5.74) is 1.74. The summed E-state index contributed by atoms with van der Waals surface area (Å²) in [5.74, 6) is 2.05. The molecule has 2 unspecified atom stereocenters. The normalized spacial score (nSPS) is 26.7. The van der Waals surface area contributed by atoms with Gasteiger partial charge in [-0.15, -0.1) is 10.2 Å². The maximum Gasteiger partial charge on any atom is 0.227 e. The topological polar surface area (TPSA) is 85.2 Å². The maximum atomic E-state index is 12.4. The third-order valence-corrected chi connectivity index (χ3v) is 7.77. The van der Waals surface area contributed by atoms with Crippen molar-refractivity contribution < 1.29 is 13.2 Å². The van der Waals surface area contributed by atoms with Gasteiger partial charge in [-0.2, -0.15) is 0 Å². The van der Waals surface area contributed by atoms with Crippen molar-refractivity contribution in [2.24, 2.45) is 5.92 Å². The SMILES string of the molecule is O=C1CC2CS(=O)(=O)CC2N1c1ccc(-c2nnc3n2CCCCC3)cc1. The third-order valence-electron chi connectivity index (χ3n) is 5.99. The van der Waals surface area contributed by atoms with E-state index in [9.17, 15) is 13.2 Å². The molecule has 8 heteroatoms. The second-order valence-electron chi connectivity index (χ2n) is 7.82. The second-order valence-corrected chi connectivity index (χ2v) is 9.98. The number of amides is 1. The summed E-state index contributed by atoms with van der Waals surface area (Å²) in [6, 6.07) is 7.50. The molecule has 1 aromatic heterocycles. The van der Waals surface area contributed by atoms with Crippen LogP contribution >= 0.6 is 0 Å². The number of hydrogen-bond acceptors (Lipinski definition) is 5. The average molecular weight is 386 g/mol. The van der Waals surface area contributed by atoms with E-state index in [2.05, 4.69) is 14.8 Å². The van der Waals surface area contributed by atoms with E-state index in [0.29, 0.717) is 6.42 Å². The van der Waals surface area contributed by atoms with Gasteiger partial charge in [-0.05, 0) is 37.1 Å². The van der Waals surface area contributed by atoms with E-state index in [1.807, 2.05) is 24.3 Å². The number of nitrogens with zero attached hydrogens (tertiary/aromatic N) is 4. The Morgan fingerprint density at radius 1 is 1.00 bits per heavy atom. The fourth-order valence-electron chi connectivity index (χ4n) is 4.69. The van der Waals surface area contributed by atoms with E-state index in [0.717, 1.165) is 48.7 Å². The van der Waals surface area contributed by atoms with Crippen LogP contribution in [0.1, 0.15) is 31.5 Å². The molecule has 0 bridgehead atoms. The van der Waals surface area contributed by atoms with Crippen molar-refractivity contribution in [2.45, 2.75) is 44.7 Å². The van der Waals surface area contributed by atoms with Crippen LogP contribution in [0.25, 0.3) is 11.4 Å². The van der Waals surface area contributed by atoms with Gasteiger partial charge in [0.15, 0.2) is 15.7 Å². The predicted molar refractivity (Wildman–Crippen MR) is 101 cm³/mol. The quantitative estimate of drug-likeness (QED) is 0.786. The van der Waals surface area contributed by atoms with Gasteiger partial charge in [-0.1, -0.05) is 6.42 Å². The number of benzene rings is 1. The lowest BCUT2D eigenvalue weighted by molar-refractivity contribution is -0.117. The third kappa shape index (κ3) is 2.86. The number of hydrogen-bond donors (Lipinski definition) is 0. The van der Waals surface area contributed by atoms with Gasteiger partial charge in [-0.3, -0.25) is 4.79 Å². The van der Waals surface area contributed by atoms with Gasteiger partial charge >= 0.3 is 0 Å². The molecule has 3 aliphatic heterocycles. The molecule has 0 N–H and O–H groups in total. The lowest BCUT2D eigenvalue weighted by Gasteiger charge is -2.23. The molecule has 0 aliphatic carbocycles. The Morgan fingerprint density at radius 2 is 1.81 bits per heavy atom. The first-order valence-electron chi connectivity index (χ1n) is 9.57. The highest BCUT2D eigenvalue weighted by atomic mass is 32.2. The molecule has 0 radical (unpaired) electrons. The first-order chi connectivity index (χ1) is 13.0. The highest BCUT2D eigenvalue weighted by molar-refractivity contribution is 7.91. The van der Waals surface area contributed by atoms with E-state index < -0.39 is 9.84 Å². The van der Waals surface area contributed by atoms with Crippen molar-refractivity contribution in [1.29, 1.82) is 0 Å². The lowest BCUT2D eigenvalue weighted by Crippen LogP contribution is -2.36. The molecule has 0 spiro atoms. The number of carbonyl (C=O) groups is 1. The molecular weight excluding hydrogens is 364 g/mol. The Morgan fingerprint density at radius 3 is 2.63 bits per heavy atom. The largest absolute Gasteiger partial charge is 0.311 e. The molecule has 4 heterocycles. The number of aromatic nitrogens is 3. The molecule has 7 nitrogen and oxygen atoms in total. The van der Waals surface area contributed by atoms with Crippen molar-refractivity contribution in [2.75, 3.05) is 16.4 Å². The van der Waals surface area contributed by atoms with Gasteiger partial charge < -0.3 is 9.47 Å². The first-order valence-corrected chi connectivity index (χ1v) is 11.4. The monoisotopic (exact) mass is 386 g/mol. The van der Waals surface area contributed by atoms with Crippen LogP contribution in [0.3, 0.4) is 0 Å². The molecule has 1 amide bonds. The molecule has 5 rings (SSSR count). The molecule has 3 aliphatic rings. The molecule has 1 aromatic carbocycles.